The molecule has 2 nitrogen and oxygen atoms in total. The van der Waals surface area contributed by atoms with E-state index in [-0.39, 0.29) is 11.3 Å². The van der Waals surface area contributed by atoms with Crippen LogP contribution < -0.4 is 5.32 Å². The number of hydrogen-bond donors (Lipinski definition) is 1. The molecule has 1 aromatic carbocycles. The molecular weight excluding hydrogens is 234 g/mol. The van der Waals surface area contributed by atoms with Gasteiger partial charge in [-0.05, 0) is 43.5 Å². The van der Waals surface area contributed by atoms with E-state index in [1.54, 1.807) is 0 Å². The SMILES string of the molecule is CCCC(Cl)CNC(=O)c1ccc(C)c(C)c1. The summed E-state index contributed by atoms with van der Waals surface area (Å²) in [6, 6.07) is 5.73. The van der Waals surface area contributed by atoms with Gasteiger partial charge in [0.1, 0.15) is 0 Å². The number of benzene rings is 1. The summed E-state index contributed by atoms with van der Waals surface area (Å²) in [5, 5.41) is 2.88. The second-order valence-electron chi connectivity index (χ2n) is 4.40. The first-order valence-electron chi connectivity index (χ1n) is 6.04. The van der Waals surface area contributed by atoms with E-state index in [1.165, 1.54) is 5.56 Å². The third-order valence-electron chi connectivity index (χ3n) is 2.86. The summed E-state index contributed by atoms with van der Waals surface area (Å²) < 4.78 is 0. The van der Waals surface area contributed by atoms with Gasteiger partial charge in [-0.1, -0.05) is 19.4 Å². The molecule has 1 unspecified atom stereocenters. The molecule has 0 aliphatic heterocycles. The summed E-state index contributed by atoms with van der Waals surface area (Å²) in [7, 11) is 0. The highest BCUT2D eigenvalue weighted by Crippen LogP contribution is 2.10. The first kappa shape index (κ1) is 14.0. The zero-order valence-corrected chi connectivity index (χ0v) is 11.5. The van der Waals surface area contributed by atoms with Crippen LogP contribution in [0.4, 0.5) is 0 Å². The Morgan fingerprint density at radius 3 is 2.65 bits per heavy atom. The van der Waals surface area contributed by atoms with Crippen LogP contribution in [-0.2, 0) is 0 Å². The molecule has 1 atom stereocenters. The third kappa shape index (κ3) is 4.39. The van der Waals surface area contributed by atoms with Crippen molar-refractivity contribution in [2.24, 2.45) is 0 Å². The molecule has 1 rings (SSSR count). The van der Waals surface area contributed by atoms with Gasteiger partial charge in [-0.25, -0.2) is 0 Å². The second-order valence-corrected chi connectivity index (χ2v) is 5.01. The zero-order chi connectivity index (χ0) is 12.8. The average molecular weight is 254 g/mol. The van der Waals surface area contributed by atoms with Crippen LogP contribution >= 0.6 is 11.6 Å². The van der Waals surface area contributed by atoms with Crippen LogP contribution in [0.15, 0.2) is 18.2 Å². The molecule has 0 bridgehead atoms. The first-order valence-corrected chi connectivity index (χ1v) is 6.47. The predicted molar refractivity (Wildman–Crippen MR) is 72.8 cm³/mol. The first-order chi connectivity index (χ1) is 8.04. The van der Waals surface area contributed by atoms with Crippen molar-refractivity contribution in [1.29, 1.82) is 0 Å². The number of aryl methyl sites for hydroxylation is 2. The van der Waals surface area contributed by atoms with E-state index in [1.807, 2.05) is 32.0 Å². The van der Waals surface area contributed by atoms with Crippen molar-refractivity contribution in [2.75, 3.05) is 6.54 Å². The Bertz CT molecular complexity index is 390. The molecule has 0 aliphatic carbocycles. The lowest BCUT2D eigenvalue weighted by Crippen LogP contribution is -2.29. The van der Waals surface area contributed by atoms with E-state index in [0.29, 0.717) is 12.1 Å². The van der Waals surface area contributed by atoms with Crippen molar-refractivity contribution < 1.29 is 4.79 Å². The Labute approximate surface area is 108 Å². The van der Waals surface area contributed by atoms with Crippen molar-refractivity contribution in [3.63, 3.8) is 0 Å². The van der Waals surface area contributed by atoms with Crippen molar-refractivity contribution in [3.05, 3.63) is 34.9 Å². The fourth-order valence-corrected chi connectivity index (χ4v) is 1.90. The van der Waals surface area contributed by atoms with Gasteiger partial charge >= 0.3 is 0 Å². The summed E-state index contributed by atoms with van der Waals surface area (Å²) >= 11 is 6.05. The maximum Gasteiger partial charge on any atom is 0.251 e. The van der Waals surface area contributed by atoms with Gasteiger partial charge < -0.3 is 5.32 Å². The number of rotatable bonds is 5. The average Bonchev–Trinajstić information content (AvgIpc) is 2.30. The Kier molecular flexibility index (Phi) is 5.49. The highest BCUT2D eigenvalue weighted by atomic mass is 35.5. The smallest absolute Gasteiger partial charge is 0.251 e. The molecule has 0 spiro atoms. The number of carbonyl (C=O) groups is 1. The molecule has 3 heteroatoms. The summed E-state index contributed by atoms with van der Waals surface area (Å²) in [5.74, 6) is -0.0464. The van der Waals surface area contributed by atoms with Crippen LogP contribution in [0.2, 0.25) is 0 Å². The molecule has 0 fully saturated rings. The lowest BCUT2D eigenvalue weighted by molar-refractivity contribution is 0.0953. The van der Waals surface area contributed by atoms with Crippen LogP contribution in [0.1, 0.15) is 41.3 Å². The van der Waals surface area contributed by atoms with Crippen LogP contribution in [-0.4, -0.2) is 17.8 Å². The number of amides is 1. The molecule has 0 saturated carbocycles. The standard InChI is InChI=1S/C14H20ClNO/c1-4-5-13(15)9-16-14(17)12-7-6-10(2)11(3)8-12/h6-8,13H,4-5,9H2,1-3H3,(H,16,17). The Morgan fingerprint density at radius 2 is 2.06 bits per heavy atom. The number of alkyl halides is 1. The summed E-state index contributed by atoms with van der Waals surface area (Å²) in [4.78, 5) is 11.8. The van der Waals surface area contributed by atoms with Crippen molar-refractivity contribution in [3.8, 4) is 0 Å². The van der Waals surface area contributed by atoms with Gasteiger partial charge in [-0.2, -0.15) is 0 Å². The van der Waals surface area contributed by atoms with E-state index in [9.17, 15) is 4.79 Å². The van der Waals surface area contributed by atoms with Crippen LogP contribution in [0.25, 0.3) is 0 Å². The highest BCUT2D eigenvalue weighted by molar-refractivity contribution is 6.20. The molecule has 0 saturated heterocycles. The second kappa shape index (κ2) is 6.65. The van der Waals surface area contributed by atoms with Crippen LogP contribution in [0.3, 0.4) is 0 Å². The van der Waals surface area contributed by atoms with Crippen molar-refractivity contribution in [2.45, 2.75) is 39.0 Å². The molecular formula is C14H20ClNO. The predicted octanol–water partition coefficient (Wildman–Crippen LogP) is 3.44. The fraction of sp³-hybridized carbons (Fsp3) is 0.500. The molecule has 0 aliphatic rings. The fourth-order valence-electron chi connectivity index (χ4n) is 1.60. The van der Waals surface area contributed by atoms with E-state index >= 15 is 0 Å². The molecule has 0 heterocycles. The van der Waals surface area contributed by atoms with E-state index in [0.717, 1.165) is 18.4 Å². The van der Waals surface area contributed by atoms with Gasteiger partial charge in [0.2, 0.25) is 0 Å². The van der Waals surface area contributed by atoms with Gasteiger partial charge in [0.25, 0.3) is 5.91 Å². The molecule has 17 heavy (non-hydrogen) atoms. The molecule has 1 amide bonds. The number of halogens is 1. The third-order valence-corrected chi connectivity index (χ3v) is 3.23. The zero-order valence-electron chi connectivity index (χ0n) is 10.7. The topological polar surface area (TPSA) is 29.1 Å². The normalized spacial score (nSPS) is 12.2. The van der Waals surface area contributed by atoms with Gasteiger partial charge in [0.15, 0.2) is 0 Å². The Hall–Kier alpha value is -1.02. The van der Waals surface area contributed by atoms with Gasteiger partial charge in [-0.3, -0.25) is 4.79 Å². The van der Waals surface area contributed by atoms with E-state index in [2.05, 4.69) is 12.2 Å². The highest BCUT2D eigenvalue weighted by Gasteiger charge is 2.09. The summed E-state index contributed by atoms with van der Waals surface area (Å²) in [6.07, 6.45) is 1.96. The number of hydrogen-bond acceptors (Lipinski definition) is 1. The number of nitrogens with one attached hydrogen (secondary N) is 1. The summed E-state index contributed by atoms with van der Waals surface area (Å²) in [6.45, 7) is 6.66. The van der Waals surface area contributed by atoms with E-state index in [4.69, 9.17) is 11.6 Å². The molecule has 0 aromatic heterocycles. The minimum Gasteiger partial charge on any atom is -0.351 e. The van der Waals surface area contributed by atoms with Crippen molar-refractivity contribution in [1.82, 2.24) is 5.32 Å². The monoisotopic (exact) mass is 253 g/mol. The molecule has 1 aromatic rings. The van der Waals surface area contributed by atoms with Crippen LogP contribution in [0, 0.1) is 13.8 Å². The largest absolute Gasteiger partial charge is 0.351 e. The Morgan fingerprint density at radius 1 is 1.35 bits per heavy atom. The minimum absolute atomic E-state index is 0.0236. The molecule has 1 N–H and O–H groups in total. The lowest BCUT2D eigenvalue weighted by atomic mass is 10.1. The summed E-state index contributed by atoms with van der Waals surface area (Å²) in [5.41, 5.74) is 3.03. The molecule has 0 radical (unpaired) electrons. The molecule has 94 valence electrons. The maximum atomic E-state index is 11.8. The lowest BCUT2D eigenvalue weighted by Gasteiger charge is -2.10. The Balaban J connectivity index is 2.55. The van der Waals surface area contributed by atoms with Gasteiger partial charge in [-0.15, -0.1) is 11.6 Å². The van der Waals surface area contributed by atoms with E-state index < -0.39 is 0 Å². The van der Waals surface area contributed by atoms with Gasteiger partial charge in [0.05, 0.1) is 5.38 Å². The minimum atomic E-state index is -0.0464. The van der Waals surface area contributed by atoms with Gasteiger partial charge in [0, 0.05) is 12.1 Å². The maximum absolute atomic E-state index is 11.8. The van der Waals surface area contributed by atoms with Crippen molar-refractivity contribution >= 4 is 17.5 Å². The quantitative estimate of drug-likeness (QED) is 0.801. The van der Waals surface area contributed by atoms with Crippen LogP contribution in [0.5, 0.6) is 0 Å². The number of carbonyl (C=O) groups excluding carboxylic acids is 1.